The molecule has 178 valence electrons. The Hall–Kier alpha value is -3.13. The zero-order chi connectivity index (χ0) is 23.6. The van der Waals surface area contributed by atoms with E-state index in [-0.39, 0.29) is 18.8 Å². The number of amides is 1. The molecule has 2 aromatic rings. The van der Waals surface area contributed by atoms with Crippen LogP contribution in [-0.2, 0) is 16.0 Å². The van der Waals surface area contributed by atoms with E-state index in [2.05, 4.69) is 0 Å². The first-order valence-corrected chi connectivity index (χ1v) is 11.2. The number of rotatable bonds is 12. The molecule has 33 heavy (non-hydrogen) atoms. The number of aliphatic carboxylic acids is 1. The van der Waals surface area contributed by atoms with E-state index < -0.39 is 24.0 Å². The van der Waals surface area contributed by atoms with Crippen molar-refractivity contribution in [3.8, 4) is 11.5 Å². The molecule has 8 heteroatoms. The fourth-order valence-electron chi connectivity index (χ4n) is 3.57. The fraction of sp³-hybridized carbons (Fsp3) is 0.440. The van der Waals surface area contributed by atoms with Gasteiger partial charge in [-0.25, -0.2) is 14.0 Å². The quantitative estimate of drug-likeness (QED) is 0.502. The number of carboxylic acid groups (broad SMARTS) is 1. The molecule has 0 spiro atoms. The molecule has 2 aromatic carbocycles. The Labute approximate surface area is 193 Å². The van der Waals surface area contributed by atoms with E-state index in [0.717, 1.165) is 24.8 Å². The van der Waals surface area contributed by atoms with Gasteiger partial charge in [0.25, 0.3) is 0 Å². The Bertz CT molecular complexity index is 915. The molecule has 1 atom stereocenters. The molecule has 0 bridgehead atoms. The lowest BCUT2D eigenvalue weighted by molar-refractivity contribution is -0.149. The third-order valence-corrected chi connectivity index (χ3v) is 5.58. The molecule has 3 rings (SSSR count). The van der Waals surface area contributed by atoms with Gasteiger partial charge in [-0.15, -0.1) is 0 Å². The minimum absolute atomic E-state index is 0.168. The minimum Gasteiger partial charge on any atom is -0.492 e. The van der Waals surface area contributed by atoms with E-state index in [1.165, 1.54) is 18.2 Å². The van der Waals surface area contributed by atoms with Gasteiger partial charge >= 0.3 is 12.1 Å². The summed E-state index contributed by atoms with van der Waals surface area (Å²) in [6.45, 7) is 3.26. The molecule has 1 amide bonds. The van der Waals surface area contributed by atoms with Gasteiger partial charge in [0, 0.05) is 25.6 Å². The highest BCUT2D eigenvalue weighted by Crippen LogP contribution is 2.27. The van der Waals surface area contributed by atoms with E-state index in [4.69, 9.17) is 14.2 Å². The second kappa shape index (κ2) is 12.2. The summed E-state index contributed by atoms with van der Waals surface area (Å²) in [5, 5.41) is 9.21. The Morgan fingerprint density at radius 2 is 1.91 bits per heavy atom. The predicted molar refractivity (Wildman–Crippen MR) is 120 cm³/mol. The third kappa shape index (κ3) is 7.75. The maximum absolute atomic E-state index is 13.4. The molecule has 1 aliphatic carbocycles. The predicted octanol–water partition coefficient (Wildman–Crippen LogP) is 4.54. The molecular formula is C25H30FNO6. The Balaban J connectivity index is 1.52. The van der Waals surface area contributed by atoms with Crippen LogP contribution in [0.3, 0.4) is 0 Å². The molecule has 1 aliphatic rings. The van der Waals surface area contributed by atoms with E-state index in [0.29, 0.717) is 31.4 Å². The second-order valence-corrected chi connectivity index (χ2v) is 8.05. The number of nitrogens with zero attached hydrogens (tertiary/aromatic N) is 1. The van der Waals surface area contributed by atoms with E-state index in [1.807, 2.05) is 0 Å². The lowest BCUT2D eigenvalue weighted by Crippen LogP contribution is -2.41. The molecule has 7 nitrogen and oxygen atoms in total. The van der Waals surface area contributed by atoms with Gasteiger partial charge in [0.05, 0.1) is 6.54 Å². The maximum atomic E-state index is 13.4. The fourth-order valence-corrected chi connectivity index (χ4v) is 3.57. The number of carbonyl (C=O) groups is 2. The van der Waals surface area contributed by atoms with Crippen LogP contribution in [-0.4, -0.2) is 54.5 Å². The van der Waals surface area contributed by atoms with Crippen LogP contribution >= 0.6 is 0 Å². The van der Waals surface area contributed by atoms with Gasteiger partial charge in [-0.1, -0.05) is 24.6 Å². The first kappa shape index (κ1) is 24.5. The molecule has 0 aromatic heterocycles. The van der Waals surface area contributed by atoms with Crippen LogP contribution in [0.4, 0.5) is 9.18 Å². The van der Waals surface area contributed by atoms with Crippen molar-refractivity contribution in [2.24, 2.45) is 5.92 Å². The van der Waals surface area contributed by atoms with Crippen LogP contribution in [0.2, 0.25) is 0 Å². The van der Waals surface area contributed by atoms with Crippen LogP contribution in [0.5, 0.6) is 11.5 Å². The largest absolute Gasteiger partial charge is 0.492 e. The van der Waals surface area contributed by atoms with Gasteiger partial charge in [0.15, 0.2) is 6.10 Å². The highest BCUT2D eigenvalue weighted by Gasteiger charge is 2.25. The number of ether oxygens (including phenoxy) is 3. The average Bonchev–Trinajstić information content (AvgIpc) is 2.75. The molecule has 1 saturated carbocycles. The molecule has 1 unspecified atom stereocenters. The third-order valence-electron chi connectivity index (χ3n) is 5.58. The van der Waals surface area contributed by atoms with Gasteiger partial charge in [0.1, 0.15) is 23.9 Å². The number of carboxylic acids is 1. The number of carbonyl (C=O) groups excluding carboxylic acids is 1. The van der Waals surface area contributed by atoms with Crippen molar-refractivity contribution in [1.82, 2.24) is 4.90 Å². The minimum atomic E-state index is -0.992. The van der Waals surface area contributed by atoms with Crippen molar-refractivity contribution < 1.29 is 33.3 Å². The summed E-state index contributed by atoms with van der Waals surface area (Å²) in [5.41, 5.74) is 0.827. The van der Waals surface area contributed by atoms with Crippen molar-refractivity contribution in [2.75, 3.05) is 26.3 Å². The lowest BCUT2D eigenvalue weighted by atomic mass is 9.85. The zero-order valence-corrected chi connectivity index (χ0v) is 18.7. The molecule has 1 fully saturated rings. The summed E-state index contributed by atoms with van der Waals surface area (Å²) < 4.78 is 29.8. The number of hydrogen-bond donors (Lipinski definition) is 1. The number of hydrogen-bond acceptors (Lipinski definition) is 5. The molecule has 0 aliphatic heterocycles. The molecule has 0 heterocycles. The first-order valence-electron chi connectivity index (χ1n) is 11.2. The molecule has 0 saturated heterocycles. The van der Waals surface area contributed by atoms with Crippen molar-refractivity contribution >= 4 is 12.1 Å². The van der Waals surface area contributed by atoms with Crippen LogP contribution in [0.15, 0.2) is 48.5 Å². The maximum Gasteiger partial charge on any atom is 0.415 e. The Morgan fingerprint density at radius 1 is 1.15 bits per heavy atom. The average molecular weight is 460 g/mol. The standard InChI is InChI=1S/C25H30FNO6/c1-2-31-23(24(28)29)15-18-9-11-21(12-10-18)32-14-13-27(17-19-5-3-6-19)25(30)33-22-8-4-7-20(26)16-22/h4,7-12,16,19,23H,2-3,5-6,13-15,17H2,1H3,(H,28,29). The van der Waals surface area contributed by atoms with Gasteiger partial charge < -0.3 is 24.2 Å². The number of benzene rings is 2. The summed E-state index contributed by atoms with van der Waals surface area (Å²) in [7, 11) is 0. The smallest absolute Gasteiger partial charge is 0.415 e. The van der Waals surface area contributed by atoms with Crippen LogP contribution < -0.4 is 9.47 Å². The van der Waals surface area contributed by atoms with Gasteiger partial charge in [-0.3, -0.25) is 0 Å². The summed E-state index contributed by atoms with van der Waals surface area (Å²) in [5.74, 6) is -0.231. The van der Waals surface area contributed by atoms with Crippen LogP contribution in [0.1, 0.15) is 31.7 Å². The molecule has 1 N–H and O–H groups in total. The summed E-state index contributed by atoms with van der Waals surface area (Å²) in [4.78, 5) is 25.5. The topological polar surface area (TPSA) is 85.3 Å². The monoisotopic (exact) mass is 459 g/mol. The zero-order valence-electron chi connectivity index (χ0n) is 18.7. The van der Waals surface area contributed by atoms with Gasteiger partial charge in [-0.2, -0.15) is 0 Å². The summed E-state index contributed by atoms with van der Waals surface area (Å²) >= 11 is 0. The molecular weight excluding hydrogens is 429 g/mol. The van der Waals surface area contributed by atoms with Gasteiger partial charge in [0.2, 0.25) is 0 Å². The van der Waals surface area contributed by atoms with Crippen molar-refractivity contribution in [3.63, 3.8) is 0 Å². The van der Waals surface area contributed by atoms with E-state index >= 15 is 0 Å². The Kier molecular flexibility index (Phi) is 9.06. The summed E-state index contributed by atoms with van der Waals surface area (Å²) in [6, 6.07) is 12.6. The Morgan fingerprint density at radius 3 is 2.52 bits per heavy atom. The van der Waals surface area contributed by atoms with Crippen LogP contribution in [0.25, 0.3) is 0 Å². The first-order chi connectivity index (χ1) is 15.9. The molecule has 0 radical (unpaired) electrons. The van der Waals surface area contributed by atoms with Crippen molar-refractivity contribution in [2.45, 2.75) is 38.7 Å². The van der Waals surface area contributed by atoms with Crippen molar-refractivity contribution in [3.05, 3.63) is 59.9 Å². The second-order valence-electron chi connectivity index (χ2n) is 8.05. The highest BCUT2D eigenvalue weighted by atomic mass is 19.1. The van der Waals surface area contributed by atoms with Crippen LogP contribution in [0, 0.1) is 11.7 Å². The SMILES string of the molecule is CCOC(Cc1ccc(OCCN(CC2CCC2)C(=O)Oc2cccc(F)c2)cc1)C(=O)O. The van der Waals surface area contributed by atoms with E-state index in [1.54, 1.807) is 42.2 Å². The highest BCUT2D eigenvalue weighted by molar-refractivity contribution is 5.72. The van der Waals surface area contributed by atoms with E-state index in [9.17, 15) is 19.1 Å². The van der Waals surface area contributed by atoms with Crippen molar-refractivity contribution in [1.29, 1.82) is 0 Å². The van der Waals surface area contributed by atoms with Gasteiger partial charge in [-0.05, 0) is 55.5 Å². The normalized spacial score (nSPS) is 14.2. The summed E-state index contributed by atoms with van der Waals surface area (Å²) in [6.07, 6.45) is 2.17. The lowest BCUT2D eigenvalue weighted by Gasteiger charge is -2.31. The number of halogens is 1.